The summed E-state index contributed by atoms with van der Waals surface area (Å²) in [5, 5.41) is 2.53. The van der Waals surface area contributed by atoms with Gasteiger partial charge < -0.3 is 0 Å². The third kappa shape index (κ3) is 4.60. The van der Waals surface area contributed by atoms with E-state index in [1.807, 2.05) is 55.5 Å². The Morgan fingerprint density at radius 1 is 0.682 bits per heavy atom. The number of rotatable bonds is 6. The van der Waals surface area contributed by atoms with E-state index in [1.165, 1.54) is 44.2 Å². The molecule has 0 bridgehead atoms. The monoisotopic (exact) mass is 566 g/mol. The quantitative estimate of drug-likeness (QED) is 0.187. The Balaban J connectivity index is 1.40. The van der Waals surface area contributed by atoms with Crippen LogP contribution < -0.4 is 0 Å². The molecule has 7 rings (SSSR count). The molecule has 1 aromatic heterocycles. The zero-order chi connectivity index (χ0) is 30.3. The molecule has 5 aromatic carbocycles. The summed E-state index contributed by atoms with van der Waals surface area (Å²) < 4.78 is 0. The lowest BCUT2D eigenvalue weighted by Gasteiger charge is -2.23. The van der Waals surface area contributed by atoms with Crippen LogP contribution in [-0.4, -0.2) is 9.97 Å². The van der Waals surface area contributed by atoms with Crippen molar-refractivity contribution in [3.05, 3.63) is 163 Å². The van der Waals surface area contributed by atoms with E-state index < -0.39 is 0 Å². The Morgan fingerprint density at radius 2 is 1.39 bits per heavy atom. The summed E-state index contributed by atoms with van der Waals surface area (Å²) in [6.07, 6.45) is 7.91. The summed E-state index contributed by atoms with van der Waals surface area (Å²) in [5.41, 5.74) is 12.5. The Morgan fingerprint density at radius 3 is 2.16 bits per heavy atom. The molecule has 2 heteroatoms. The van der Waals surface area contributed by atoms with Crippen LogP contribution in [0.5, 0.6) is 0 Å². The van der Waals surface area contributed by atoms with Crippen LogP contribution in [-0.2, 0) is 5.41 Å². The molecule has 212 valence electrons. The highest BCUT2D eigenvalue weighted by Crippen LogP contribution is 2.54. The van der Waals surface area contributed by atoms with E-state index in [-0.39, 0.29) is 5.41 Å². The molecule has 0 fully saturated rings. The lowest BCUT2D eigenvalue weighted by molar-refractivity contribution is 0.661. The van der Waals surface area contributed by atoms with Gasteiger partial charge in [0.1, 0.15) is 0 Å². The molecular formula is C42H34N2. The van der Waals surface area contributed by atoms with Crippen molar-refractivity contribution in [3.8, 4) is 44.9 Å². The predicted octanol–water partition coefficient (Wildman–Crippen LogP) is 11.1. The van der Waals surface area contributed by atoms with Crippen molar-refractivity contribution < 1.29 is 0 Å². The smallest absolute Gasteiger partial charge is 0.160 e. The standard InChI is InChI=1S/C42H34N2/c1-5-7-15-28(6-2)37-27-38(29-16-9-8-10-17-29)44-41(43-37)31-24-22-30(23-25-31)39-33-19-12-11-18-32(33)26-36-40(39)34-20-13-14-21-35(34)42(36,3)4/h5-27H,2H2,1,3-4H3/b7-5-,28-15+. The highest BCUT2D eigenvalue weighted by atomic mass is 14.9. The van der Waals surface area contributed by atoms with E-state index >= 15 is 0 Å². The van der Waals surface area contributed by atoms with Crippen molar-refractivity contribution in [1.29, 1.82) is 0 Å². The van der Waals surface area contributed by atoms with Gasteiger partial charge in [0.2, 0.25) is 0 Å². The topological polar surface area (TPSA) is 25.8 Å². The van der Waals surface area contributed by atoms with Gasteiger partial charge in [0.05, 0.1) is 11.4 Å². The molecule has 1 aliphatic carbocycles. The molecule has 0 saturated heterocycles. The minimum Gasteiger partial charge on any atom is -0.228 e. The van der Waals surface area contributed by atoms with Crippen molar-refractivity contribution in [2.75, 3.05) is 0 Å². The summed E-state index contributed by atoms with van der Waals surface area (Å²) in [6.45, 7) is 10.7. The van der Waals surface area contributed by atoms with Crippen LogP contribution in [0.3, 0.4) is 0 Å². The lowest BCUT2D eigenvalue weighted by atomic mass is 9.80. The Labute approximate surface area is 259 Å². The zero-order valence-corrected chi connectivity index (χ0v) is 25.4. The molecule has 0 unspecified atom stereocenters. The van der Waals surface area contributed by atoms with E-state index in [2.05, 4.69) is 111 Å². The zero-order valence-electron chi connectivity index (χ0n) is 25.4. The van der Waals surface area contributed by atoms with Gasteiger partial charge in [-0.25, -0.2) is 9.97 Å². The summed E-state index contributed by atoms with van der Waals surface area (Å²) >= 11 is 0. The molecule has 0 radical (unpaired) electrons. The molecule has 1 aliphatic rings. The summed E-state index contributed by atoms with van der Waals surface area (Å²) in [5.74, 6) is 0.691. The van der Waals surface area contributed by atoms with Crippen LogP contribution in [0.4, 0.5) is 0 Å². The Bertz CT molecular complexity index is 2100. The number of fused-ring (bicyclic) bond motifs is 4. The molecule has 0 spiro atoms. The van der Waals surface area contributed by atoms with Gasteiger partial charge in [-0.15, -0.1) is 0 Å². The largest absolute Gasteiger partial charge is 0.228 e. The minimum atomic E-state index is -0.0733. The fourth-order valence-corrected chi connectivity index (χ4v) is 6.54. The first kappa shape index (κ1) is 27.5. The average molecular weight is 567 g/mol. The Kier molecular flexibility index (Phi) is 6.91. The van der Waals surface area contributed by atoms with Gasteiger partial charge >= 0.3 is 0 Å². The molecule has 0 aliphatic heterocycles. The lowest BCUT2D eigenvalue weighted by Crippen LogP contribution is -2.14. The molecule has 6 aromatic rings. The van der Waals surface area contributed by atoms with E-state index in [4.69, 9.17) is 9.97 Å². The second-order valence-electron chi connectivity index (χ2n) is 11.8. The number of hydrogen-bond acceptors (Lipinski definition) is 2. The van der Waals surface area contributed by atoms with Crippen LogP contribution >= 0.6 is 0 Å². The fourth-order valence-electron chi connectivity index (χ4n) is 6.54. The molecule has 44 heavy (non-hydrogen) atoms. The van der Waals surface area contributed by atoms with Crippen molar-refractivity contribution >= 4 is 16.3 Å². The normalized spacial score (nSPS) is 13.7. The number of benzene rings is 5. The van der Waals surface area contributed by atoms with Gasteiger partial charge in [-0.1, -0.05) is 148 Å². The first-order valence-electron chi connectivity index (χ1n) is 15.2. The Hall–Kier alpha value is -5.34. The van der Waals surface area contributed by atoms with E-state index in [9.17, 15) is 0 Å². The summed E-state index contributed by atoms with van der Waals surface area (Å²) in [7, 11) is 0. The third-order valence-electron chi connectivity index (χ3n) is 8.80. The van der Waals surface area contributed by atoms with Crippen molar-refractivity contribution in [2.45, 2.75) is 26.2 Å². The maximum atomic E-state index is 5.04. The molecule has 2 nitrogen and oxygen atoms in total. The predicted molar refractivity (Wildman–Crippen MR) is 186 cm³/mol. The molecule has 1 heterocycles. The van der Waals surface area contributed by atoms with Crippen molar-refractivity contribution in [3.63, 3.8) is 0 Å². The molecule has 0 atom stereocenters. The summed E-state index contributed by atoms with van der Waals surface area (Å²) in [6, 6.07) is 41.1. The molecule has 0 amide bonds. The fraction of sp³-hybridized carbons (Fsp3) is 0.0952. The average Bonchev–Trinajstić information content (AvgIpc) is 3.30. The van der Waals surface area contributed by atoms with Crippen LogP contribution in [0.25, 0.3) is 61.2 Å². The molecular weight excluding hydrogens is 532 g/mol. The van der Waals surface area contributed by atoms with E-state index in [1.54, 1.807) is 0 Å². The van der Waals surface area contributed by atoms with Crippen LogP contribution in [0.15, 0.2) is 146 Å². The van der Waals surface area contributed by atoms with Gasteiger partial charge in [-0.3, -0.25) is 0 Å². The van der Waals surface area contributed by atoms with E-state index in [0.29, 0.717) is 5.82 Å². The molecule has 0 N–H and O–H groups in total. The van der Waals surface area contributed by atoms with Crippen molar-refractivity contribution in [2.24, 2.45) is 0 Å². The van der Waals surface area contributed by atoms with Crippen LogP contribution in [0.2, 0.25) is 0 Å². The maximum Gasteiger partial charge on any atom is 0.160 e. The van der Waals surface area contributed by atoms with Crippen LogP contribution in [0, 0.1) is 0 Å². The highest BCUT2D eigenvalue weighted by Gasteiger charge is 2.37. The van der Waals surface area contributed by atoms with Gasteiger partial charge in [0.15, 0.2) is 5.82 Å². The number of allylic oxidation sites excluding steroid dienone is 5. The van der Waals surface area contributed by atoms with Gasteiger partial charge in [-0.2, -0.15) is 0 Å². The second kappa shape index (κ2) is 11.1. The molecule has 0 saturated carbocycles. The third-order valence-corrected chi connectivity index (χ3v) is 8.80. The van der Waals surface area contributed by atoms with Gasteiger partial charge in [0.25, 0.3) is 0 Å². The highest BCUT2D eigenvalue weighted by molar-refractivity contribution is 6.08. The van der Waals surface area contributed by atoms with Gasteiger partial charge in [0, 0.05) is 16.5 Å². The SMILES string of the molecule is C=C/C(=C\C=C/C)c1cc(-c2ccccc2)nc(-c2ccc(-c3c4c(cc5ccccc35)C(C)(C)c3ccccc3-4)cc2)n1. The summed E-state index contributed by atoms with van der Waals surface area (Å²) in [4.78, 5) is 10.1. The van der Waals surface area contributed by atoms with E-state index in [0.717, 1.165) is 28.1 Å². The number of aromatic nitrogens is 2. The minimum absolute atomic E-state index is 0.0733. The first-order valence-corrected chi connectivity index (χ1v) is 15.2. The van der Waals surface area contributed by atoms with Gasteiger partial charge in [-0.05, 0) is 68.8 Å². The number of hydrogen-bond donors (Lipinski definition) is 0. The first-order chi connectivity index (χ1) is 21.5. The second-order valence-corrected chi connectivity index (χ2v) is 11.8. The van der Waals surface area contributed by atoms with Crippen molar-refractivity contribution in [1.82, 2.24) is 9.97 Å². The maximum absolute atomic E-state index is 5.04. The number of nitrogens with zero attached hydrogens (tertiary/aromatic N) is 2. The van der Waals surface area contributed by atoms with Crippen LogP contribution in [0.1, 0.15) is 37.6 Å².